The molecule has 6 nitrogen and oxygen atoms in total. The third kappa shape index (κ3) is 3.44. The maximum atomic E-state index is 5.50. The van der Waals surface area contributed by atoms with Gasteiger partial charge in [-0.2, -0.15) is 4.98 Å². The van der Waals surface area contributed by atoms with Gasteiger partial charge in [0.1, 0.15) is 5.75 Å². The predicted octanol–water partition coefficient (Wildman–Crippen LogP) is 2.75. The van der Waals surface area contributed by atoms with E-state index in [4.69, 9.17) is 14.0 Å². The molecule has 2 fully saturated rings. The monoisotopic (exact) mass is 329 g/mol. The Morgan fingerprint density at radius 1 is 1.25 bits per heavy atom. The van der Waals surface area contributed by atoms with Gasteiger partial charge in [0.05, 0.1) is 25.8 Å². The molecule has 1 saturated carbocycles. The van der Waals surface area contributed by atoms with Crippen LogP contribution in [0.5, 0.6) is 5.75 Å². The largest absolute Gasteiger partial charge is 0.496 e. The summed E-state index contributed by atoms with van der Waals surface area (Å²) in [5, 5.41) is 4.14. The molecule has 2 aromatic rings. The van der Waals surface area contributed by atoms with Gasteiger partial charge in [0, 0.05) is 19.2 Å². The van der Waals surface area contributed by atoms with Crippen LogP contribution in [-0.4, -0.2) is 48.0 Å². The summed E-state index contributed by atoms with van der Waals surface area (Å²) in [7, 11) is 1.65. The molecule has 0 amide bonds. The van der Waals surface area contributed by atoms with Crippen molar-refractivity contribution in [3.8, 4) is 17.1 Å². The first kappa shape index (κ1) is 15.6. The van der Waals surface area contributed by atoms with Crippen molar-refractivity contribution in [2.24, 2.45) is 5.92 Å². The lowest BCUT2D eigenvalue weighted by molar-refractivity contribution is 0.153. The Hall–Kier alpha value is -1.92. The number of nitrogens with zero attached hydrogens (tertiary/aromatic N) is 3. The van der Waals surface area contributed by atoms with Crippen LogP contribution < -0.4 is 4.74 Å². The van der Waals surface area contributed by atoms with E-state index in [-0.39, 0.29) is 0 Å². The molecule has 24 heavy (non-hydrogen) atoms. The normalized spacial score (nSPS) is 20.7. The number of benzene rings is 1. The third-order valence-electron chi connectivity index (χ3n) is 4.73. The number of methoxy groups -OCH3 is 1. The highest BCUT2D eigenvalue weighted by molar-refractivity contribution is 5.63. The molecule has 2 heterocycles. The van der Waals surface area contributed by atoms with Gasteiger partial charge in [0.25, 0.3) is 0 Å². The highest BCUT2D eigenvalue weighted by atomic mass is 16.5. The van der Waals surface area contributed by atoms with Crippen LogP contribution in [0.1, 0.15) is 25.2 Å². The Kier molecular flexibility index (Phi) is 4.49. The molecule has 0 radical (unpaired) electrons. The van der Waals surface area contributed by atoms with E-state index in [1.807, 2.05) is 24.3 Å². The number of aromatic nitrogens is 2. The van der Waals surface area contributed by atoms with Crippen molar-refractivity contribution >= 4 is 0 Å². The van der Waals surface area contributed by atoms with Crippen molar-refractivity contribution in [3.63, 3.8) is 0 Å². The Morgan fingerprint density at radius 3 is 2.88 bits per heavy atom. The van der Waals surface area contributed by atoms with Crippen LogP contribution in [-0.2, 0) is 11.3 Å². The number of hydrogen-bond donors (Lipinski definition) is 0. The zero-order valence-electron chi connectivity index (χ0n) is 14.0. The van der Waals surface area contributed by atoms with E-state index in [0.29, 0.717) is 30.2 Å². The van der Waals surface area contributed by atoms with E-state index in [9.17, 15) is 0 Å². The van der Waals surface area contributed by atoms with Gasteiger partial charge in [-0.05, 0) is 37.3 Å². The molecule has 1 aromatic carbocycles. The maximum Gasteiger partial charge on any atom is 0.241 e. The van der Waals surface area contributed by atoms with E-state index in [1.165, 1.54) is 12.8 Å². The van der Waals surface area contributed by atoms with Crippen LogP contribution in [0.15, 0.2) is 28.8 Å². The molecule has 0 N–H and O–H groups in total. The van der Waals surface area contributed by atoms with Gasteiger partial charge in [0.15, 0.2) is 0 Å². The van der Waals surface area contributed by atoms with Crippen LogP contribution in [0.3, 0.4) is 0 Å². The first-order valence-electron chi connectivity index (χ1n) is 8.61. The van der Waals surface area contributed by atoms with Gasteiger partial charge in [-0.15, -0.1) is 0 Å². The van der Waals surface area contributed by atoms with E-state index in [0.717, 1.165) is 37.5 Å². The number of rotatable bonds is 7. The molecule has 2 aliphatic rings. The smallest absolute Gasteiger partial charge is 0.241 e. The fourth-order valence-corrected chi connectivity index (χ4v) is 3.27. The quantitative estimate of drug-likeness (QED) is 0.778. The van der Waals surface area contributed by atoms with Crippen molar-refractivity contribution in [1.29, 1.82) is 0 Å². The zero-order chi connectivity index (χ0) is 16.4. The van der Waals surface area contributed by atoms with E-state index < -0.39 is 0 Å². The second kappa shape index (κ2) is 6.91. The van der Waals surface area contributed by atoms with Crippen LogP contribution in [0.25, 0.3) is 11.4 Å². The Morgan fingerprint density at radius 2 is 2.12 bits per heavy atom. The lowest BCUT2D eigenvalue weighted by Gasteiger charge is -2.22. The van der Waals surface area contributed by atoms with Gasteiger partial charge in [-0.3, -0.25) is 4.90 Å². The molecule has 0 unspecified atom stereocenters. The van der Waals surface area contributed by atoms with E-state index in [2.05, 4.69) is 15.0 Å². The van der Waals surface area contributed by atoms with Crippen LogP contribution >= 0.6 is 0 Å². The predicted molar refractivity (Wildman–Crippen MR) is 88.6 cm³/mol. The third-order valence-corrected chi connectivity index (χ3v) is 4.73. The molecule has 128 valence electrons. The van der Waals surface area contributed by atoms with Crippen LogP contribution in [0, 0.1) is 5.92 Å². The summed E-state index contributed by atoms with van der Waals surface area (Å²) in [5.74, 6) is 2.64. The number of para-hydroxylation sites is 1. The molecule has 1 aromatic heterocycles. The minimum absolute atomic E-state index is 0.586. The van der Waals surface area contributed by atoms with Crippen molar-refractivity contribution in [1.82, 2.24) is 15.0 Å². The molecular weight excluding hydrogens is 306 g/mol. The molecular formula is C18H23N3O3. The summed E-state index contributed by atoms with van der Waals surface area (Å²) in [6.45, 7) is 3.53. The first-order valence-corrected chi connectivity index (χ1v) is 8.61. The van der Waals surface area contributed by atoms with Crippen LogP contribution in [0.4, 0.5) is 0 Å². The lowest BCUT2D eigenvalue weighted by atomic mass is 10.1. The molecule has 6 heteroatoms. The van der Waals surface area contributed by atoms with E-state index in [1.54, 1.807) is 7.11 Å². The van der Waals surface area contributed by atoms with E-state index >= 15 is 0 Å². The Labute approximate surface area is 141 Å². The summed E-state index contributed by atoms with van der Waals surface area (Å²) < 4.78 is 16.4. The Bertz CT molecular complexity index is 678. The fraction of sp³-hybridized carbons (Fsp3) is 0.556. The Balaban J connectivity index is 1.47. The van der Waals surface area contributed by atoms with Gasteiger partial charge in [-0.1, -0.05) is 17.3 Å². The second-order valence-electron chi connectivity index (χ2n) is 6.60. The second-order valence-corrected chi connectivity index (χ2v) is 6.60. The van der Waals surface area contributed by atoms with Crippen molar-refractivity contribution in [3.05, 3.63) is 30.2 Å². The maximum absolute atomic E-state index is 5.50. The lowest BCUT2D eigenvalue weighted by Crippen LogP contribution is -2.31. The van der Waals surface area contributed by atoms with Crippen molar-refractivity contribution in [2.75, 3.05) is 26.9 Å². The standard InChI is InChI=1S/C18H23N3O3/c1-22-16-5-3-2-4-15(16)18-19-17(24-20-18)11-21(14-6-7-14)10-13-8-9-23-12-13/h2-5,13-14H,6-12H2,1H3/t13-/m1/s1. The summed E-state index contributed by atoms with van der Waals surface area (Å²) in [5.41, 5.74) is 0.858. The molecule has 4 rings (SSSR count). The molecule has 1 saturated heterocycles. The van der Waals surface area contributed by atoms with Gasteiger partial charge in [-0.25, -0.2) is 0 Å². The highest BCUT2D eigenvalue weighted by Gasteiger charge is 2.32. The average Bonchev–Trinajstić information content (AvgIpc) is 3.14. The summed E-state index contributed by atoms with van der Waals surface area (Å²) in [6, 6.07) is 8.39. The van der Waals surface area contributed by atoms with Gasteiger partial charge < -0.3 is 14.0 Å². The molecule has 0 spiro atoms. The number of ether oxygens (including phenoxy) is 2. The number of hydrogen-bond acceptors (Lipinski definition) is 6. The fourth-order valence-electron chi connectivity index (χ4n) is 3.27. The van der Waals surface area contributed by atoms with Gasteiger partial charge >= 0.3 is 0 Å². The molecule has 0 bridgehead atoms. The first-order chi connectivity index (χ1) is 11.8. The molecule has 1 aliphatic heterocycles. The SMILES string of the molecule is COc1ccccc1-c1noc(CN(C[C@H]2CCOC2)C2CC2)n1. The summed E-state index contributed by atoms with van der Waals surface area (Å²) in [6.07, 6.45) is 3.68. The minimum Gasteiger partial charge on any atom is -0.496 e. The summed E-state index contributed by atoms with van der Waals surface area (Å²) in [4.78, 5) is 7.05. The van der Waals surface area contributed by atoms with Crippen molar-refractivity contribution < 1.29 is 14.0 Å². The van der Waals surface area contributed by atoms with Gasteiger partial charge in [0.2, 0.25) is 11.7 Å². The zero-order valence-corrected chi connectivity index (χ0v) is 14.0. The molecule has 1 atom stereocenters. The average molecular weight is 329 g/mol. The topological polar surface area (TPSA) is 60.6 Å². The van der Waals surface area contributed by atoms with Crippen molar-refractivity contribution in [2.45, 2.75) is 31.8 Å². The minimum atomic E-state index is 0.586. The highest BCUT2D eigenvalue weighted by Crippen LogP contribution is 2.31. The summed E-state index contributed by atoms with van der Waals surface area (Å²) >= 11 is 0. The van der Waals surface area contributed by atoms with Crippen LogP contribution in [0.2, 0.25) is 0 Å². The molecule has 1 aliphatic carbocycles.